The molecule has 0 aliphatic carbocycles. The van der Waals surface area contributed by atoms with Crippen molar-refractivity contribution in [2.75, 3.05) is 41.6 Å². The van der Waals surface area contributed by atoms with Crippen molar-refractivity contribution in [1.82, 2.24) is 0 Å². The fourth-order valence-corrected chi connectivity index (χ4v) is 17.6. The fourth-order valence-electron chi connectivity index (χ4n) is 3.90. The van der Waals surface area contributed by atoms with Crippen molar-refractivity contribution in [3.8, 4) is 0 Å². The van der Waals surface area contributed by atoms with E-state index in [1.54, 1.807) is 20.8 Å². The maximum Gasteiger partial charge on any atom is 0.482 e. The third-order valence-electron chi connectivity index (χ3n) is 5.88. The van der Waals surface area contributed by atoms with E-state index >= 15 is 8.78 Å². The Bertz CT molecular complexity index is 823. The zero-order chi connectivity index (χ0) is 35.9. The highest BCUT2D eigenvalue weighted by atomic mass is 32.3. The quantitative estimate of drug-likeness (QED) is 0.0479. The van der Waals surface area contributed by atoms with Gasteiger partial charge in [0.15, 0.2) is 4.93 Å². The molecule has 0 aromatic carbocycles. The van der Waals surface area contributed by atoms with Crippen molar-refractivity contribution in [2.24, 2.45) is 5.92 Å². The van der Waals surface area contributed by atoms with Gasteiger partial charge in [-0.3, -0.25) is 0 Å². The van der Waals surface area contributed by atoms with Gasteiger partial charge in [-0.2, -0.15) is 35.1 Å². The van der Waals surface area contributed by atoms with E-state index in [2.05, 4.69) is 0 Å². The van der Waals surface area contributed by atoms with Crippen LogP contribution in [0.1, 0.15) is 87.5 Å². The summed E-state index contributed by atoms with van der Waals surface area (Å²) in [6.07, 6.45) is -14.0. The van der Waals surface area contributed by atoms with Crippen molar-refractivity contribution >= 4 is 82.3 Å². The number of unbranched alkanes of at least 4 members (excludes halogenated alkanes) is 2. The van der Waals surface area contributed by atoms with Crippen LogP contribution in [0, 0.1) is 5.92 Å². The van der Waals surface area contributed by atoms with E-state index in [9.17, 15) is 26.3 Å². The summed E-state index contributed by atoms with van der Waals surface area (Å²) >= 11 is 8.01. The maximum atomic E-state index is 15.4. The third kappa shape index (κ3) is 14.8. The summed E-state index contributed by atoms with van der Waals surface area (Å²) in [5.74, 6) is 1.92. The average Bonchev–Trinajstić information content (AvgIpc) is 2.93. The van der Waals surface area contributed by atoms with Crippen LogP contribution in [0.3, 0.4) is 0 Å². The first kappa shape index (κ1) is 47.8. The van der Waals surface area contributed by atoms with Gasteiger partial charge in [-0.05, 0) is 60.2 Å². The van der Waals surface area contributed by atoms with E-state index in [1.807, 2.05) is 34.6 Å². The molecular weight excluding hydrogens is 757 g/mol. The molecule has 46 heavy (non-hydrogen) atoms. The predicted molar refractivity (Wildman–Crippen MR) is 195 cm³/mol. The van der Waals surface area contributed by atoms with Crippen LogP contribution >= 0.6 is 82.3 Å². The highest BCUT2D eigenvalue weighted by molar-refractivity contribution is 8.35. The zero-order valence-corrected chi connectivity index (χ0v) is 33.9. The molecule has 0 radical (unpaired) electrons. The van der Waals surface area contributed by atoms with Crippen LogP contribution in [-0.2, 0) is 9.47 Å². The smallest absolute Gasteiger partial charge is 0.349 e. The molecule has 0 aromatic rings. The van der Waals surface area contributed by atoms with Gasteiger partial charge in [-0.25, -0.2) is 0 Å². The lowest BCUT2D eigenvalue weighted by Crippen LogP contribution is -2.65. The number of halogens is 8. The largest absolute Gasteiger partial charge is 0.482 e. The Kier molecular flexibility index (Phi) is 22.9. The van der Waals surface area contributed by atoms with Gasteiger partial charge in [0.25, 0.3) is 0 Å². The van der Waals surface area contributed by atoms with Crippen LogP contribution in [0.2, 0.25) is 0 Å². The van der Waals surface area contributed by atoms with Crippen LogP contribution in [0.25, 0.3) is 0 Å². The summed E-state index contributed by atoms with van der Waals surface area (Å²) in [6.45, 7) is 13.1. The Labute approximate surface area is 301 Å². The zero-order valence-electron chi connectivity index (χ0n) is 28.2. The molecule has 0 heterocycles. The third-order valence-corrected chi connectivity index (χ3v) is 18.6. The van der Waals surface area contributed by atoms with Crippen LogP contribution in [0.15, 0.2) is 0 Å². The Balaban J connectivity index is 8.36. The first-order valence-electron chi connectivity index (χ1n) is 15.4. The number of thioether (sulfide) groups is 7. The maximum absolute atomic E-state index is 15.4. The van der Waals surface area contributed by atoms with Gasteiger partial charge in [0.05, 0.1) is 0 Å². The molecule has 278 valence electrons. The van der Waals surface area contributed by atoms with E-state index in [0.29, 0.717) is 48.0 Å². The monoisotopic (exact) mass is 808 g/mol. The van der Waals surface area contributed by atoms with E-state index in [4.69, 9.17) is 9.47 Å². The lowest BCUT2D eigenvalue weighted by atomic mass is 10.2. The highest BCUT2D eigenvalue weighted by Gasteiger charge is 2.71. The molecule has 0 bridgehead atoms. The molecule has 0 spiro atoms. The van der Waals surface area contributed by atoms with Gasteiger partial charge in [0, 0.05) is 5.25 Å². The van der Waals surface area contributed by atoms with Crippen molar-refractivity contribution in [2.45, 2.75) is 129 Å². The molecule has 2 nitrogen and oxygen atoms in total. The van der Waals surface area contributed by atoms with Gasteiger partial charge in [0.2, 0.25) is 0 Å². The van der Waals surface area contributed by atoms with Crippen molar-refractivity contribution < 1.29 is 44.6 Å². The predicted octanol–water partition coefficient (Wildman–Crippen LogP) is 13.0. The minimum Gasteiger partial charge on any atom is -0.349 e. The number of alkyl halides is 8. The fraction of sp³-hybridized carbons (Fsp3) is 1.00. The molecule has 0 saturated carbocycles. The summed E-state index contributed by atoms with van der Waals surface area (Å²) in [7, 11) is 0. The first-order valence-corrected chi connectivity index (χ1v) is 22.5. The number of rotatable bonds is 26. The molecule has 0 rings (SSSR count). The molecule has 17 heteroatoms. The molecule has 0 fully saturated rings. The van der Waals surface area contributed by atoms with Crippen LogP contribution in [0.5, 0.6) is 0 Å². The lowest BCUT2D eigenvalue weighted by Gasteiger charge is -2.56. The van der Waals surface area contributed by atoms with Crippen LogP contribution in [0.4, 0.5) is 35.1 Å². The number of ether oxygens (including phenoxy) is 2. The summed E-state index contributed by atoms with van der Waals surface area (Å²) < 4.78 is 123. The molecule has 0 saturated heterocycles. The van der Waals surface area contributed by atoms with E-state index in [-0.39, 0.29) is 11.2 Å². The molecule has 4 atom stereocenters. The average molecular weight is 809 g/mol. The van der Waals surface area contributed by atoms with Crippen LogP contribution in [-0.4, -0.2) is 83.2 Å². The summed E-state index contributed by atoms with van der Waals surface area (Å²) in [5.41, 5.74) is 0. The Morgan fingerprint density at radius 2 is 1.22 bits per heavy atom. The van der Waals surface area contributed by atoms with Gasteiger partial charge >= 0.3 is 18.5 Å². The SMILES string of the molecule is CCCCSC(SCC(C)C)(SC(C)C)C(OC(F)(F)C(F)(F)F)C(OCC(F)(F)F)(SC)C(SCC)(SCCC)SCCCC. The van der Waals surface area contributed by atoms with Gasteiger partial charge < -0.3 is 9.47 Å². The van der Waals surface area contributed by atoms with E-state index in [0.717, 1.165) is 36.4 Å². The van der Waals surface area contributed by atoms with E-state index < -0.39 is 42.9 Å². The highest BCUT2D eigenvalue weighted by Crippen LogP contribution is 2.68. The van der Waals surface area contributed by atoms with Crippen molar-refractivity contribution in [3.63, 3.8) is 0 Å². The summed E-state index contributed by atoms with van der Waals surface area (Å²) in [5, 5.41) is -0.300. The minimum absolute atomic E-state index is 0.00405. The van der Waals surface area contributed by atoms with E-state index in [1.165, 1.54) is 65.1 Å². The Morgan fingerprint density at radius 3 is 1.63 bits per heavy atom. The van der Waals surface area contributed by atoms with Gasteiger partial charge in [-0.1, -0.05) is 68.2 Å². The second kappa shape index (κ2) is 22.0. The molecule has 4 unspecified atom stereocenters. The Hall–Kier alpha value is 1.81. The lowest BCUT2D eigenvalue weighted by molar-refractivity contribution is -0.408. The standard InChI is InChI=1S/C29H52F8O2S7/c1-10-14-17-42-26(46-22(7)8,45-19-21(5)6)23(39-28(36,37)27(33,34)35)25(40-9,38-20-24(30,31)32)29(41-13-4,43-16-12-3)44-18-15-11-2/h21-23H,10-20H2,1-9H3. The van der Waals surface area contributed by atoms with Gasteiger partial charge in [-0.15, -0.1) is 82.3 Å². The molecular formula is C29H52F8O2S7. The topological polar surface area (TPSA) is 18.5 Å². The summed E-state index contributed by atoms with van der Waals surface area (Å²) in [6, 6.07) is 0. The molecule has 0 aromatic heterocycles. The minimum atomic E-state index is -6.11. The number of hydrogen-bond donors (Lipinski definition) is 0. The van der Waals surface area contributed by atoms with Crippen LogP contribution < -0.4 is 0 Å². The molecule has 0 aliphatic heterocycles. The second-order valence-electron chi connectivity index (χ2n) is 11.0. The second-order valence-corrected chi connectivity index (χ2v) is 22.1. The summed E-state index contributed by atoms with van der Waals surface area (Å²) in [4.78, 5) is -2.32. The molecule has 0 aliphatic rings. The van der Waals surface area contributed by atoms with Gasteiger partial charge in [0.1, 0.15) is 19.5 Å². The number of hydrogen-bond acceptors (Lipinski definition) is 9. The van der Waals surface area contributed by atoms with Crippen molar-refractivity contribution in [3.05, 3.63) is 0 Å². The normalized spacial score (nSPS) is 18.1. The molecule has 0 amide bonds. The molecule has 0 N–H and O–H groups in total. The first-order chi connectivity index (χ1) is 21.2. The van der Waals surface area contributed by atoms with Crippen molar-refractivity contribution in [1.29, 1.82) is 0 Å². The Morgan fingerprint density at radius 1 is 0.674 bits per heavy atom.